The third kappa shape index (κ3) is 1.34. The quantitative estimate of drug-likeness (QED) is 0.573. The molecule has 1 heterocycles. The summed E-state index contributed by atoms with van der Waals surface area (Å²) >= 11 is 0. The van der Waals surface area contributed by atoms with E-state index in [2.05, 4.69) is 11.6 Å². The average Bonchev–Trinajstić information content (AvgIpc) is 2.17. The number of aliphatic hydroxyl groups excluding tert-OH is 2. The largest absolute Gasteiger partial charge is 0.384 e. The first-order valence-corrected chi connectivity index (χ1v) is 3.67. The first kappa shape index (κ1) is 8.43. The molecule has 0 saturated carbocycles. The molecule has 0 spiro atoms. The Balaban J connectivity index is 2.83. The fourth-order valence-electron chi connectivity index (χ4n) is 1.11. The molecule has 0 bridgehead atoms. The van der Waals surface area contributed by atoms with Crippen molar-refractivity contribution in [3.63, 3.8) is 0 Å². The Kier molecular flexibility index (Phi) is 2.11. The highest BCUT2D eigenvalue weighted by atomic mass is 16.3. The lowest BCUT2D eigenvalue weighted by atomic mass is 10.0. The van der Waals surface area contributed by atoms with E-state index in [1.165, 1.54) is 0 Å². The van der Waals surface area contributed by atoms with Gasteiger partial charge in [-0.3, -0.25) is 4.99 Å². The number of hydrogen-bond donors (Lipinski definition) is 2. The lowest BCUT2D eigenvalue weighted by Gasteiger charge is -2.11. The Morgan fingerprint density at radius 1 is 1.36 bits per heavy atom. The van der Waals surface area contributed by atoms with Crippen molar-refractivity contribution in [3.8, 4) is 0 Å². The Labute approximate surface area is 66.1 Å². The monoisotopic (exact) mass is 155 g/mol. The van der Waals surface area contributed by atoms with Gasteiger partial charge in [-0.2, -0.15) is 0 Å². The van der Waals surface area contributed by atoms with Crippen molar-refractivity contribution in [2.75, 3.05) is 0 Å². The first-order chi connectivity index (χ1) is 5.04. The topological polar surface area (TPSA) is 52.8 Å². The van der Waals surface area contributed by atoms with Crippen molar-refractivity contribution in [3.05, 3.63) is 12.3 Å². The van der Waals surface area contributed by atoms with Crippen LogP contribution in [0.3, 0.4) is 0 Å². The van der Waals surface area contributed by atoms with E-state index in [-0.39, 0.29) is 5.92 Å². The van der Waals surface area contributed by atoms with Gasteiger partial charge in [0, 0.05) is 0 Å². The van der Waals surface area contributed by atoms with Crippen molar-refractivity contribution >= 4 is 5.71 Å². The van der Waals surface area contributed by atoms with E-state index >= 15 is 0 Å². The lowest BCUT2D eigenvalue weighted by molar-refractivity contribution is 0.0911. The van der Waals surface area contributed by atoms with Crippen molar-refractivity contribution in [2.24, 2.45) is 10.9 Å². The maximum atomic E-state index is 9.36. The van der Waals surface area contributed by atoms with E-state index in [4.69, 9.17) is 0 Å². The van der Waals surface area contributed by atoms with Crippen LogP contribution in [0.2, 0.25) is 0 Å². The highest BCUT2D eigenvalue weighted by molar-refractivity contribution is 5.94. The zero-order chi connectivity index (χ0) is 8.59. The highest BCUT2D eigenvalue weighted by Gasteiger charge is 2.32. The summed E-state index contributed by atoms with van der Waals surface area (Å²) < 4.78 is 0. The standard InChI is InChI=1S/C8H13NO2/c1-4(2)6-8(11)7(10)5(3)9-6/h4,7-8,10-11H,3H2,1-2H3. The van der Waals surface area contributed by atoms with E-state index in [0.717, 1.165) is 0 Å². The van der Waals surface area contributed by atoms with Gasteiger partial charge in [0.15, 0.2) is 0 Å². The van der Waals surface area contributed by atoms with Crippen molar-refractivity contribution in [2.45, 2.75) is 26.1 Å². The van der Waals surface area contributed by atoms with Gasteiger partial charge in [0.2, 0.25) is 0 Å². The van der Waals surface area contributed by atoms with Crippen LogP contribution in [-0.2, 0) is 0 Å². The molecule has 3 nitrogen and oxygen atoms in total. The zero-order valence-electron chi connectivity index (χ0n) is 6.78. The molecule has 3 heteroatoms. The van der Waals surface area contributed by atoms with Crippen LogP contribution < -0.4 is 0 Å². The number of hydrogen-bond acceptors (Lipinski definition) is 3. The molecule has 0 aromatic carbocycles. The summed E-state index contributed by atoms with van der Waals surface area (Å²) in [4.78, 5) is 3.97. The van der Waals surface area contributed by atoms with Gasteiger partial charge in [-0.25, -0.2) is 0 Å². The summed E-state index contributed by atoms with van der Waals surface area (Å²) in [5.74, 6) is 0.166. The van der Waals surface area contributed by atoms with Crippen LogP contribution >= 0.6 is 0 Å². The van der Waals surface area contributed by atoms with Crippen LogP contribution in [0.15, 0.2) is 17.3 Å². The highest BCUT2D eigenvalue weighted by Crippen LogP contribution is 2.20. The predicted molar refractivity (Wildman–Crippen MR) is 43.4 cm³/mol. The first-order valence-electron chi connectivity index (χ1n) is 3.67. The lowest BCUT2D eigenvalue weighted by Crippen LogP contribution is -2.31. The summed E-state index contributed by atoms with van der Waals surface area (Å²) in [6, 6.07) is 0. The minimum absolute atomic E-state index is 0.166. The summed E-state index contributed by atoms with van der Waals surface area (Å²) in [6.45, 7) is 7.37. The van der Waals surface area contributed by atoms with Gasteiger partial charge in [-0.1, -0.05) is 20.4 Å². The van der Waals surface area contributed by atoms with E-state index in [1.54, 1.807) is 0 Å². The molecule has 11 heavy (non-hydrogen) atoms. The van der Waals surface area contributed by atoms with E-state index < -0.39 is 12.2 Å². The maximum Gasteiger partial charge on any atom is 0.126 e. The van der Waals surface area contributed by atoms with Gasteiger partial charge in [-0.15, -0.1) is 0 Å². The third-order valence-corrected chi connectivity index (χ3v) is 1.81. The SMILES string of the molecule is C=C1N=C(C(C)C)C(O)C1O. The minimum atomic E-state index is -0.896. The molecule has 0 saturated heterocycles. The molecule has 2 unspecified atom stereocenters. The molecular formula is C8H13NO2. The number of rotatable bonds is 1. The van der Waals surface area contributed by atoms with Crippen molar-refractivity contribution in [1.82, 2.24) is 0 Å². The molecule has 1 aliphatic heterocycles. The van der Waals surface area contributed by atoms with Crippen molar-refractivity contribution < 1.29 is 10.2 Å². The van der Waals surface area contributed by atoms with Crippen LogP contribution in [0.4, 0.5) is 0 Å². The van der Waals surface area contributed by atoms with E-state index in [9.17, 15) is 10.2 Å². The zero-order valence-corrected chi connectivity index (χ0v) is 6.78. The number of aliphatic hydroxyl groups is 2. The van der Waals surface area contributed by atoms with Gasteiger partial charge in [0.25, 0.3) is 0 Å². The molecule has 0 fully saturated rings. The van der Waals surface area contributed by atoms with Gasteiger partial charge in [0.1, 0.15) is 12.2 Å². The number of aliphatic imine (C=N–C) groups is 1. The van der Waals surface area contributed by atoms with Gasteiger partial charge < -0.3 is 10.2 Å². The summed E-state index contributed by atoms with van der Waals surface area (Å²) in [5.41, 5.74) is 0.990. The molecule has 0 amide bonds. The van der Waals surface area contributed by atoms with Crippen LogP contribution in [0, 0.1) is 5.92 Å². The molecule has 1 aliphatic rings. The molecular weight excluding hydrogens is 142 g/mol. The van der Waals surface area contributed by atoms with Crippen LogP contribution in [-0.4, -0.2) is 28.1 Å². The molecule has 0 radical (unpaired) electrons. The summed E-state index contributed by atoms with van der Waals surface area (Å²) in [6.07, 6.45) is -1.74. The fourth-order valence-corrected chi connectivity index (χ4v) is 1.11. The second-order valence-electron chi connectivity index (χ2n) is 3.07. The third-order valence-electron chi connectivity index (χ3n) is 1.81. The molecule has 62 valence electrons. The normalized spacial score (nSPS) is 31.4. The molecule has 0 aromatic rings. The second kappa shape index (κ2) is 2.75. The Morgan fingerprint density at radius 2 is 1.91 bits per heavy atom. The van der Waals surface area contributed by atoms with Gasteiger partial charge >= 0.3 is 0 Å². The second-order valence-corrected chi connectivity index (χ2v) is 3.07. The fraction of sp³-hybridized carbons (Fsp3) is 0.625. The maximum absolute atomic E-state index is 9.36. The molecule has 2 atom stereocenters. The van der Waals surface area contributed by atoms with Crippen LogP contribution in [0.5, 0.6) is 0 Å². The smallest absolute Gasteiger partial charge is 0.126 e. The summed E-state index contributed by atoms with van der Waals surface area (Å²) in [7, 11) is 0. The average molecular weight is 155 g/mol. The predicted octanol–water partition coefficient (Wildman–Crippen LogP) is 0.333. The Morgan fingerprint density at radius 3 is 2.09 bits per heavy atom. The van der Waals surface area contributed by atoms with E-state index in [1.807, 2.05) is 13.8 Å². The Bertz CT molecular complexity index is 208. The molecule has 0 aliphatic carbocycles. The molecule has 1 rings (SSSR count). The summed E-state index contributed by atoms with van der Waals surface area (Å²) in [5, 5.41) is 18.6. The van der Waals surface area contributed by atoms with Crippen LogP contribution in [0.1, 0.15) is 13.8 Å². The van der Waals surface area contributed by atoms with Gasteiger partial charge in [0.05, 0.1) is 11.4 Å². The Hall–Kier alpha value is -0.670. The molecule has 0 aromatic heterocycles. The minimum Gasteiger partial charge on any atom is -0.384 e. The molecule has 2 N–H and O–H groups in total. The van der Waals surface area contributed by atoms with Crippen molar-refractivity contribution in [1.29, 1.82) is 0 Å². The van der Waals surface area contributed by atoms with Gasteiger partial charge in [-0.05, 0) is 5.92 Å². The van der Waals surface area contributed by atoms with E-state index in [0.29, 0.717) is 11.4 Å². The number of nitrogens with zero attached hydrogens (tertiary/aromatic N) is 1. The van der Waals surface area contributed by atoms with Crippen LogP contribution in [0.25, 0.3) is 0 Å².